The fraction of sp³-hybridized carbons (Fsp3) is 0.840. The maximum Gasteiger partial charge on any atom is 0.306 e. The van der Waals surface area contributed by atoms with Crippen LogP contribution in [0.25, 0.3) is 0 Å². The lowest BCUT2D eigenvalue weighted by Crippen LogP contribution is -2.46. The Hall–Kier alpha value is -1.92. The van der Waals surface area contributed by atoms with E-state index in [1.165, 1.54) is 122 Å². The van der Waals surface area contributed by atoms with E-state index in [1.54, 1.807) is 0 Å². The third kappa shape index (κ3) is 38.9. The second-order valence-corrected chi connectivity index (χ2v) is 16.5. The summed E-state index contributed by atoms with van der Waals surface area (Å²) in [5.74, 6) is -0.489. The zero-order valence-electron chi connectivity index (χ0n) is 37.3. The molecule has 0 heterocycles. The molecule has 6 heteroatoms. The Morgan fingerprint density at radius 1 is 0.518 bits per heavy atom. The van der Waals surface area contributed by atoms with Crippen LogP contribution in [-0.2, 0) is 14.3 Å². The molecule has 0 aromatic carbocycles. The average molecular weight is 788 g/mol. The number of rotatable bonds is 43. The van der Waals surface area contributed by atoms with Crippen molar-refractivity contribution in [3.05, 3.63) is 36.5 Å². The van der Waals surface area contributed by atoms with Crippen molar-refractivity contribution in [1.29, 1.82) is 0 Å². The summed E-state index contributed by atoms with van der Waals surface area (Å²) in [6.45, 7) is 6.40. The van der Waals surface area contributed by atoms with Gasteiger partial charge in [-0.15, -0.1) is 0 Å². The van der Waals surface area contributed by atoms with Crippen LogP contribution in [0.5, 0.6) is 0 Å². The van der Waals surface area contributed by atoms with Gasteiger partial charge in [-0.1, -0.05) is 192 Å². The van der Waals surface area contributed by atoms with Gasteiger partial charge in [0, 0.05) is 6.42 Å². The number of carbonyl (C=O) groups excluding carboxylic acids is 2. The van der Waals surface area contributed by atoms with Gasteiger partial charge in [-0.3, -0.25) is 9.59 Å². The zero-order chi connectivity index (χ0) is 41.0. The van der Waals surface area contributed by atoms with E-state index in [2.05, 4.69) is 62.5 Å². The van der Waals surface area contributed by atoms with Gasteiger partial charge in [0.1, 0.15) is 6.10 Å². The van der Waals surface area contributed by atoms with Crippen molar-refractivity contribution in [1.82, 2.24) is 5.32 Å². The minimum atomic E-state index is -0.787. The van der Waals surface area contributed by atoms with Crippen molar-refractivity contribution in [2.24, 2.45) is 0 Å². The van der Waals surface area contributed by atoms with E-state index in [0.29, 0.717) is 19.3 Å². The first-order valence-electron chi connectivity index (χ1n) is 24.2. The molecule has 56 heavy (non-hydrogen) atoms. The van der Waals surface area contributed by atoms with Crippen LogP contribution in [0, 0.1) is 0 Å². The number of ether oxygens (including phenoxy) is 1. The number of amides is 1. The highest BCUT2D eigenvalue weighted by Crippen LogP contribution is 2.17. The molecule has 6 nitrogen and oxygen atoms in total. The summed E-state index contributed by atoms with van der Waals surface area (Å²) < 4.78 is 5.91. The first-order valence-corrected chi connectivity index (χ1v) is 24.2. The minimum Gasteiger partial charge on any atom is -0.462 e. The van der Waals surface area contributed by atoms with Gasteiger partial charge in [0.05, 0.1) is 25.2 Å². The quantitative estimate of drug-likeness (QED) is 0.0325. The van der Waals surface area contributed by atoms with E-state index in [-0.39, 0.29) is 24.9 Å². The van der Waals surface area contributed by atoms with Crippen LogP contribution in [0.3, 0.4) is 0 Å². The maximum atomic E-state index is 13.1. The molecule has 0 aliphatic rings. The molecule has 328 valence electrons. The molecule has 0 bridgehead atoms. The lowest BCUT2D eigenvalue weighted by molar-refractivity contribution is -0.151. The summed E-state index contributed by atoms with van der Waals surface area (Å²) in [6.07, 6.45) is 50.6. The second-order valence-electron chi connectivity index (χ2n) is 16.5. The van der Waals surface area contributed by atoms with Crippen LogP contribution in [0.1, 0.15) is 245 Å². The van der Waals surface area contributed by atoms with Crippen LogP contribution in [0.2, 0.25) is 0 Å². The van der Waals surface area contributed by atoms with Crippen LogP contribution in [-0.4, -0.2) is 46.9 Å². The molecule has 3 unspecified atom stereocenters. The Labute approximate surface area is 347 Å². The van der Waals surface area contributed by atoms with E-state index >= 15 is 0 Å². The highest BCUT2D eigenvalue weighted by molar-refractivity contribution is 5.77. The fourth-order valence-corrected chi connectivity index (χ4v) is 7.21. The van der Waals surface area contributed by atoms with E-state index < -0.39 is 18.2 Å². The molecule has 0 fully saturated rings. The van der Waals surface area contributed by atoms with Crippen molar-refractivity contribution >= 4 is 11.9 Å². The van der Waals surface area contributed by atoms with Crippen LogP contribution < -0.4 is 5.32 Å². The Morgan fingerprint density at radius 2 is 0.929 bits per heavy atom. The lowest BCUT2D eigenvalue weighted by atomic mass is 10.0. The van der Waals surface area contributed by atoms with E-state index in [9.17, 15) is 19.8 Å². The summed E-state index contributed by atoms with van der Waals surface area (Å²) in [5, 5.41) is 23.6. The predicted molar refractivity (Wildman–Crippen MR) is 241 cm³/mol. The molecule has 0 radical (unpaired) electrons. The average Bonchev–Trinajstić information content (AvgIpc) is 3.19. The molecule has 3 atom stereocenters. The standard InChI is InChI=1S/C50H93NO5/c1-4-7-10-13-16-19-21-22-23-24-25-26-28-30-32-35-38-41-46(56-50(55)43-40-37-34-31-27-20-17-14-11-8-5-2)44-49(54)51-47(45-52)48(53)42-39-36-33-29-18-15-12-9-6-3/h14,16-17,19,22-23,46-48,52-53H,4-13,15,18,20-21,24-45H2,1-3H3,(H,51,54)/b17-14-,19-16-,23-22-. The molecule has 0 aromatic heterocycles. The van der Waals surface area contributed by atoms with Gasteiger partial charge in [-0.05, 0) is 77.0 Å². The van der Waals surface area contributed by atoms with Gasteiger partial charge < -0.3 is 20.3 Å². The number of aliphatic hydroxyl groups is 2. The minimum absolute atomic E-state index is 0.0704. The number of nitrogens with one attached hydrogen (secondary N) is 1. The van der Waals surface area contributed by atoms with Gasteiger partial charge >= 0.3 is 5.97 Å². The Kier molecular flexibility index (Phi) is 42.7. The van der Waals surface area contributed by atoms with Gasteiger partial charge in [0.2, 0.25) is 5.91 Å². The number of esters is 1. The predicted octanol–water partition coefficient (Wildman–Crippen LogP) is 14.1. The van der Waals surface area contributed by atoms with Crippen LogP contribution in [0.4, 0.5) is 0 Å². The van der Waals surface area contributed by atoms with Gasteiger partial charge in [0.25, 0.3) is 0 Å². The highest BCUT2D eigenvalue weighted by Gasteiger charge is 2.24. The van der Waals surface area contributed by atoms with E-state index in [1.807, 2.05) is 0 Å². The summed E-state index contributed by atoms with van der Waals surface area (Å²) in [5.41, 5.74) is 0. The molecule has 0 saturated heterocycles. The Bertz CT molecular complexity index is 930. The zero-order valence-corrected chi connectivity index (χ0v) is 37.3. The molecular weight excluding hydrogens is 695 g/mol. The molecular formula is C50H93NO5. The largest absolute Gasteiger partial charge is 0.462 e. The molecule has 0 aromatic rings. The maximum absolute atomic E-state index is 13.1. The molecule has 0 aliphatic carbocycles. The normalized spacial score (nSPS) is 13.6. The second kappa shape index (κ2) is 44.2. The fourth-order valence-electron chi connectivity index (χ4n) is 7.21. The van der Waals surface area contributed by atoms with Crippen molar-refractivity contribution < 1.29 is 24.5 Å². The van der Waals surface area contributed by atoms with Gasteiger partial charge in [0.15, 0.2) is 0 Å². The van der Waals surface area contributed by atoms with Gasteiger partial charge in [-0.2, -0.15) is 0 Å². The van der Waals surface area contributed by atoms with Crippen molar-refractivity contribution in [3.63, 3.8) is 0 Å². The highest BCUT2D eigenvalue weighted by atomic mass is 16.5. The smallest absolute Gasteiger partial charge is 0.306 e. The number of hydrogen-bond donors (Lipinski definition) is 3. The lowest BCUT2D eigenvalue weighted by Gasteiger charge is -2.24. The SMILES string of the molecule is CCCC/C=C\CCCCCCCC(=O)OC(CCCCCCCCC/C=C\C/C=C\CCCCC)CC(=O)NC(CO)C(O)CCCCCCCCCCC. The monoisotopic (exact) mass is 788 g/mol. The summed E-state index contributed by atoms with van der Waals surface area (Å²) in [4.78, 5) is 26.0. The third-order valence-electron chi connectivity index (χ3n) is 10.9. The molecule has 0 aliphatic heterocycles. The molecule has 0 spiro atoms. The molecule has 0 saturated carbocycles. The van der Waals surface area contributed by atoms with Crippen molar-refractivity contribution in [2.45, 2.75) is 264 Å². The summed E-state index contributed by atoms with van der Waals surface area (Å²) in [6, 6.07) is -0.702. The number of unbranched alkanes of at least 4 members (excludes halogenated alkanes) is 25. The number of allylic oxidation sites excluding steroid dienone is 6. The Morgan fingerprint density at radius 3 is 1.46 bits per heavy atom. The number of carbonyl (C=O) groups is 2. The van der Waals surface area contributed by atoms with Crippen LogP contribution in [0.15, 0.2) is 36.5 Å². The first kappa shape index (κ1) is 54.1. The molecule has 0 rings (SSSR count). The van der Waals surface area contributed by atoms with E-state index in [0.717, 1.165) is 77.0 Å². The Balaban J connectivity index is 4.59. The van der Waals surface area contributed by atoms with Crippen molar-refractivity contribution in [3.8, 4) is 0 Å². The summed E-state index contributed by atoms with van der Waals surface area (Å²) >= 11 is 0. The van der Waals surface area contributed by atoms with Gasteiger partial charge in [-0.25, -0.2) is 0 Å². The molecule has 1 amide bonds. The van der Waals surface area contributed by atoms with Crippen molar-refractivity contribution in [2.75, 3.05) is 6.61 Å². The number of aliphatic hydroxyl groups excluding tert-OH is 2. The topological polar surface area (TPSA) is 95.9 Å². The van der Waals surface area contributed by atoms with E-state index in [4.69, 9.17) is 4.74 Å². The molecule has 3 N–H and O–H groups in total. The van der Waals surface area contributed by atoms with Crippen LogP contribution >= 0.6 is 0 Å². The first-order chi connectivity index (χ1) is 27.5. The third-order valence-corrected chi connectivity index (χ3v) is 10.9. The summed E-state index contributed by atoms with van der Waals surface area (Å²) in [7, 11) is 0. The number of hydrogen-bond acceptors (Lipinski definition) is 5.